The molecule has 1 N–H and O–H groups in total. The maximum atomic E-state index is 11.4. The van der Waals surface area contributed by atoms with E-state index in [-0.39, 0.29) is 22.9 Å². The van der Waals surface area contributed by atoms with E-state index in [0.717, 1.165) is 6.42 Å². The summed E-state index contributed by atoms with van der Waals surface area (Å²) in [5.74, 6) is -1.05. The van der Waals surface area contributed by atoms with E-state index in [9.17, 15) is 9.59 Å². The van der Waals surface area contributed by atoms with Crippen molar-refractivity contribution in [1.82, 2.24) is 4.90 Å². The van der Waals surface area contributed by atoms with Gasteiger partial charge in [0.15, 0.2) is 0 Å². The van der Waals surface area contributed by atoms with Gasteiger partial charge in [0.05, 0.1) is 11.3 Å². The minimum absolute atomic E-state index is 0.0121. The highest BCUT2D eigenvalue weighted by Gasteiger charge is 2.52. The van der Waals surface area contributed by atoms with Crippen LogP contribution < -0.4 is 0 Å². The Balaban J connectivity index is 2.18. The predicted molar refractivity (Wildman–Crippen MR) is 47.7 cm³/mol. The number of aliphatic carboxylic acids is 1. The van der Waals surface area contributed by atoms with Crippen molar-refractivity contribution in [2.75, 3.05) is 0 Å². The molecule has 0 bridgehead atoms. The summed E-state index contributed by atoms with van der Waals surface area (Å²) in [5.41, 5.74) is 0.129. The van der Waals surface area contributed by atoms with Gasteiger partial charge in [0.2, 0.25) is 5.91 Å². The van der Waals surface area contributed by atoms with Gasteiger partial charge >= 0.3 is 5.97 Å². The molecule has 2 aliphatic heterocycles. The third-order valence-electron chi connectivity index (χ3n) is 2.39. The molecule has 13 heavy (non-hydrogen) atoms. The standard InChI is InChI=1S/C8H9NO3S/c1-2-4-6(10)9-5(8(11)12)3-13-7(4)9/h3-4,7H,2H2,1H3,(H,11,12). The Hall–Kier alpha value is -0.970. The molecular weight excluding hydrogens is 190 g/mol. The minimum atomic E-state index is -1.02. The SMILES string of the molecule is CCC1C(=O)N2C(C(=O)O)=CSC12. The van der Waals surface area contributed by atoms with Crippen LogP contribution in [0.3, 0.4) is 0 Å². The molecule has 2 heterocycles. The highest BCUT2D eigenvalue weighted by atomic mass is 32.2. The van der Waals surface area contributed by atoms with Crippen LogP contribution in [0.15, 0.2) is 11.1 Å². The van der Waals surface area contributed by atoms with Gasteiger partial charge in [-0.05, 0) is 6.42 Å². The van der Waals surface area contributed by atoms with E-state index >= 15 is 0 Å². The lowest BCUT2D eigenvalue weighted by Crippen LogP contribution is -2.56. The Labute approximate surface area is 79.6 Å². The first kappa shape index (κ1) is 8.62. The Morgan fingerprint density at radius 3 is 3.00 bits per heavy atom. The van der Waals surface area contributed by atoms with Crippen LogP contribution in [0, 0.1) is 5.92 Å². The molecule has 0 spiro atoms. The van der Waals surface area contributed by atoms with Gasteiger partial charge in [-0.1, -0.05) is 6.92 Å². The lowest BCUT2D eigenvalue weighted by Gasteiger charge is -2.41. The van der Waals surface area contributed by atoms with Crippen LogP contribution >= 0.6 is 11.8 Å². The number of thioether (sulfide) groups is 1. The normalized spacial score (nSPS) is 31.0. The van der Waals surface area contributed by atoms with Crippen LogP contribution in [0.5, 0.6) is 0 Å². The number of carboxylic acid groups (broad SMARTS) is 1. The Bertz CT molecular complexity index is 313. The molecule has 2 unspecified atom stereocenters. The van der Waals surface area contributed by atoms with Gasteiger partial charge in [0, 0.05) is 5.41 Å². The van der Waals surface area contributed by atoms with E-state index in [1.165, 1.54) is 16.7 Å². The second kappa shape index (κ2) is 2.77. The fourth-order valence-electron chi connectivity index (χ4n) is 1.66. The summed E-state index contributed by atoms with van der Waals surface area (Å²) in [4.78, 5) is 23.4. The topological polar surface area (TPSA) is 57.6 Å². The molecule has 4 nitrogen and oxygen atoms in total. The van der Waals surface area contributed by atoms with Crippen molar-refractivity contribution in [1.29, 1.82) is 0 Å². The van der Waals surface area contributed by atoms with Crippen LogP contribution in [0.2, 0.25) is 0 Å². The van der Waals surface area contributed by atoms with E-state index in [4.69, 9.17) is 5.11 Å². The van der Waals surface area contributed by atoms with Gasteiger partial charge < -0.3 is 5.11 Å². The summed E-state index contributed by atoms with van der Waals surface area (Å²) in [6.45, 7) is 1.94. The molecule has 5 heteroatoms. The van der Waals surface area contributed by atoms with E-state index in [1.807, 2.05) is 6.92 Å². The average molecular weight is 199 g/mol. The number of hydrogen-bond acceptors (Lipinski definition) is 3. The number of carbonyl (C=O) groups excluding carboxylic acids is 1. The van der Waals surface area contributed by atoms with Crippen LogP contribution in [-0.2, 0) is 9.59 Å². The molecule has 1 fully saturated rings. The molecule has 2 atom stereocenters. The van der Waals surface area contributed by atoms with Crippen LogP contribution in [-0.4, -0.2) is 27.3 Å². The van der Waals surface area contributed by atoms with Crippen LogP contribution in [0.1, 0.15) is 13.3 Å². The van der Waals surface area contributed by atoms with Crippen LogP contribution in [0.4, 0.5) is 0 Å². The molecule has 1 amide bonds. The fraction of sp³-hybridized carbons (Fsp3) is 0.500. The molecule has 0 radical (unpaired) electrons. The lowest BCUT2D eigenvalue weighted by atomic mass is 9.95. The van der Waals surface area contributed by atoms with E-state index in [2.05, 4.69) is 0 Å². The van der Waals surface area contributed by atoms with Crippen molar-refractivity contribution in [3.05, 3.63) is 11.1 Å². The quantitative estimate of drug-likeness (QED) is 0.670. The van der Waals surface area contributed by atoms with Crippen molar-refractivity contribution in [2.45, 2.75) is 18.7 Å². The molecular formula is C8H9NO3S. The highest BCUT2D eigenvalue weighted by Crippen LogP contribution is 2.45. The summed E-state index contributed by atoms with van der Waals surface area (Å²) in [7, 11) is 0. The number of rotatable bonds is 2. The monoisotopic (exact) mass is 199 g/mol. The second-order valence-corrected chi connectivity index (χ2v) is 4.05. The highest BCUT2D eigenvalue weighted by molar-refractivity contribution is 8.03. The molecule has 0 aromatic rings. The third kappa shape index (κ3) is 0.997. The van der Waals surface area contributed by atoms with Crippen molar-refractivity contribution in [3.63, 3.8) is 0 Å². The van der Waals surface area contributed by atoms with Gasteiger partial charge in [-0.3, -0.25) is 9.69 Å². The summed E-state index contributed by atoms with van der Waals surface area (Å²) >= 11 is 1.43. The summed E-state index contributed by atoms with van der Waals surface area (Å²) in [5, 5.41) is 10.3. The zero-order valence-corrected chi connectivity index (χ0v) is 7.87. The first-order valence-electron chi connectivity index (χ1n) is 4.08. The number of β-lactam (4-membered cyclic amide) rings is 1. The Morgan fingerprint density at radius 2 is 2.46 bits per heavy atom. The van der Waals surface area contributed by atoms with E-state index < -0.39 is 5.97 Å². The third-order valence-corrected chi connectivity index (χ3v) is 3.57. The van der Waals surface area contributed by atoms with Gasteiger partial charge in [-0.25, -0.2) is 4.79 Å². The van der Waals surface area contributed by atoms with Gasteiger partial charge in [-0.15, -0.1) is 11.8 Å². The fourth-order valence-corrected chi connectivity index (χ4v) is 2.98. The van der Waals surface area contributed by atoms with Crippen molar-refractivity contribution >= 4 is 23.6 Å². The molecule has 70 valence electrons. The molecule has 0 saturated carbocycles. The largest absolute Gasteiger partial charge is 0.477 e. The Kier molecular flexibility index (Phi) is 1.83. The van der Waals surface area contributed by atoms with Gasteiger partial charge in [0.1, 0.15) is 5.70 Å². The number of fused-ring (bicyclic) bond motifs is 1. The summed E-state index contributed by atoms with van der Waals surface area (Å²) in [6.07, 6.45) is 0.785. The first-order chi connectivity index (χ1) is 6.16. The molecule has 2 aliphatic rings. The number of hydrogen-bond donors (Lipinski definition) is 1. The average Bonchev–Trinajstić information content (AvgIpc) is 2.45. The smallest absolute Gasteiger partial charge is 0.353 e. The lowest BCUT2D eigenvalue weighted by molar-refractivity contribution is -0.151. The zero-order valence-electron chi connectivity index (χ0n) is 7.06. The predicted octanol–water partition coefficient (Wildman–Crippen LogP) is 0.854. The molecule has 1 saturated heterocycles. The number of amides is 1. The van der Waals surface area contributed by atoms with E-state index in [0.29, 0.717) is 0 Å². The number of carbonyl (C=O) groups is 2. The molecule has 0 aromatic carbocycles. The first-order valence-corrected chi connectivity index (χ1v) is 5.03. The number of carboxylic acids is 1. The minimum Gasteiger partial charge on any atom is -0.477 e. The maximum absolute atomic E-state index is 11.4. The summed E-state index contributed by atoms with van der Waals surface area (Å²) < 4.78 is 0. The van der Waals surface area contributed by atoms with Crippen LogP contribution in [0.25, 0.3) is 0 Å². The Morgan fingerprint density at radius 1 is 1.77 bits per heavy atom. The van der Waals surface area contributed by atoms with Crippen molar-refractivity contribution in [3.8, 4) is 0 Å². The molecule has 2 rings (SSSR count). The molecule has 0 aliphatic carbocycles. The van der Waals surface area contributed by atoms with Crippen molar-refractivity contribution < 1.29 is 14.7 Å². The number of nitrogens with zero attached hydrogens (tertiary/aromatic N) is 1. The van der Waals surface area contributed by atoms with Gasteiger partial charge in [-0.2, -0.15) is 0 Å². The van der Waals surface area contributed by atoms with Crippen molar-refractivity contribution in [2.24, 2.45) is 5.92 Å². The second-order valence-electron chi connectivity index (χ2n) is 3.06. The van der Waals surface area contributed by atoms with Gasteiger partial charge in [0.25, 0.3) is 0 Å². The zero-order chi connectivity index (χ0) is 9.59. The molecule has 0 aromatic heterocycles. The van der Waals surface area contributed by atoms with E-state index in [1.54, 1.807) is 5.41 Å². The summed E-state index contributed by atoms with van der Waals surface area (Å²) in [6, 6.07) is 0. The maximum Gasteiger partial charge on any atom is 0.353 e.